The van der Waals surface area contributed by atoms with Gasteiger partial charge in [0.1, 0.15) is 6.67 Å². The van der Waals surface area contributed by atoms with Crippen molar-refractivity contribution in [2.75, 3.05) is 38.0 Å². The van der Waals surface area contributed by atoms with E-state index >= 15 is 0 Å². The standard InChI is InChI=1S/C14H17F4N3O/c15-8-10-5-11(14(16,17)18)7-12(6-10)20-13(22)9-21-3-1-19-2-4-21/h5-7,19H,1-4,8-9H2,(H,20,22). The Kier molecular flexibility index (Phi) is 5.36. The van der Waals surface area contributed by atoms with E-state index in [0.29, 0.717) is 13.1 Å². The van der Waals surface area contributed by atoms with Crippen molar-refractivity contribution in [3.8, 4) is 0 Å². The maximum absolute atomic E-state index is 12.7. The zero-order chi connectivity index (χ0) is 16.2. The molecular weight excluding hydrogens is 302 g/mol. The summed E-state index contributed by atoms with van der Waals surface area (Å²) in [6.45, 7) is 2.01. The van der Waals surface area contributed by atoms with Crippen LogP contribution in [0.4, 0.5) is 23.2 Å². The number of nitrogens with one attached hydrogen (secondary N) is 2. The van der Waals surface area contributed by atoms with Crippen LogP contribution in [0.25, 0.3) is 0 Å². The molecule has 0 bridgehead atoms. The Bertz CT molecular complexity index is 527. The fraction of sp³-hybridized carbons (Fsp3) is 0.500. The molecular formula is C14H17F4N3O. The summed E-state index contributed by atoms with van der Waals surface area (Å²) in [5, 5.41) is 5.55. The van der Waals surface area contributed by atoms with Gasteiger partial charge in [0.25, 0.3) is 0 Å². The first-order valence-corrected chi connectivity index (χ1v) is 6.88. The second-order valence-corrected chi connectivity index (χ2v) is 5.12. The molecule has 0 unspecified atom stereocenters. The zero-order valence-electron chi connectivity index (χ0n) is 11.8. The fourth-order valence-corrected chi connectivity index (χ4v) is 2.28. The van der Waals surface area contributed by atoms with Crippen molar-refractivity contribution in [2.24, 2.45) is 0 Å². The molecule has 1 fully saturated rings. The Morgan fingerprint density at radius 1 is 1.23 bits per heavy atom. The number of carbonyl (C=O) groups excluding carboxylic acids is 1. The van der Waals surface area contributed by atoms with E-state index in [2.05, 4.69) is 10.6 Å². The maximum atomic E-state index is 12.7. The largest absolute Gasteiger partial charge is 0.416 e. The van der Waals surface area contributed by atoms with E-state index in [1.54, 1.807) is 0 Å². The molecule has 0 aromatic heterocycles. The quantitative estimate of drug-likeness (QED) is 0.835. The Morgan fingerprint density at radius 3 is 2.50 bits per heavy atom. The van der Waals surface area contributed by atoms with E-state index in [1.807, 2.05) is 4.90 Å². The Hall–Kier alpha value is -1.67. The van der Waals surface area contributed by atoms with Gasteiger partial charge in [-0.1, -0.05) is 0 Å². The summed E-state index contributed by atoms with van der Waals surface area (Å²) in [5.41, 5.74) is -1.13. The lowest BCUT2D eigenvalue weighted by Crippen LogP contribution is -2.46. The third kappa shape index (κ3) is 4.67. The van der Waals surface area contributed by atoms with Crippen molar-refractivity contribution >= 4 is 11.6 Å². The first-order valence-electron chi connectivity index (χ1n) is 6.88. The third-order valence-corrected chi connectivity index (χ3v) is 3.34. The van der Waals surface area contributed by atoms with Crippen molar-refractivity contribution in [3.63, 3.8) is 0 Å². The predicted molar refractivity (Wildman–Crippen MR) is 74.2 cm³/mol. The Balaban J connectivity index is 2.06. The zero-order valence-corrected chi connectivity index (χ0v) is 11.8. The normalized spacial score (nSPS) is 16.5. The number of piperazine rings is 1. The van der Waals surface area contributed by atoms with Gasteiger partial charge < -0.3 is 10.6 Å². The summed E-state index contributed by atoms with van der Waals surface area (Å²) < 4.78 is 50.9. The summed E-state index contributed by atoms with van der Waals surface area (Å²) in [6.07, 6.45) is -4.58. The SMILES string of the molecule is O=C(CN1CCNCC1)Nc1cc(CF)cc(C(F)(F)F)c1. The number of hydrogen-bond donors (Lipinski definition) is 2. The minimum Gasteiger partial charge on any atom is -0.325 e. The second kappa shape index (κ2) is 7.06. The molecule has 1 aromatic rings. The number of benzene rings is 1. The number of anilines is 1. The van der Waals surface area contributed by atoms with Crippen LogP contribution in [-0.2, 0) is 17.6 Å². The van der Waals surface area contributed by atoms with Crippen LogP contribution in [0.15, 0.2) is 18.2 Å². The summed E-state index contributed by atoms with van der Waals surface area (Å²) in [7, 11) is 0. The Morgan fingerprint density at radius 2 is 1.91 bits per heavy atom. The van der Waals surface area contributed by atoms with Crippen LogP contribution in [0.1, 0.15) is 11.1 Å². The molecule has 1 aliphatic heterocycles. The lowest BCUT2D eigenvalue weighted by atomic mass is 10.1. The molecule has 0 saturated carbocycles. The molecule has 0 aliphatic carbocycles. The molecule has 1 aromatic carbocycles. The predicted octanol–water partition coefficient (Wildman–Crippen LogP) is 2.02. The summed E-state index contributed by atoms with van der Waals surface area (Å²) in [4.78, 5) is 13.8. The lowest BCUT2D eigenvalue weighted by Gasteiger charge is -2.26. The summed E-state index contributed by atoms with van der Waals surface area (Å²) >= 11 is 0. The van der Waals surface area contributed by atoms with Crippen LogP contribution in [0.3, 0.4) is 0 Å². The molecule has 2 N–H and O–H groups in total. The van der Waals surface area contributed by atoms with Gasteiger partial charge >= 0.3 is 6.18 Å². The topological polar surface area (TPSA) is 44.4 Å². The smallest absolute Gasteiger partial charge is 0.325 e. The van der Waals surface area contributed by atoms with Gasteiger partial charge in [0.15, 0.2) is 0 Å². The van der Waals surface area contributed by atoms with Gasteiger partial charge in [0.2, 0.25) is 5.91 Å². The van der Waals surface area contributed by atoms with E-state index in [0.717, 1.165) is 25.2 Å². The maximum Gasteiger partial charge on any atom is 0.416 e. The molecule has 1 aliphatic rings. The molecule has 0 radical (unpaired) electrons. The molecule has 0 atom stereocenters. The minimum absolute atomic E-state index is 0.0393. The summed E-state index contributed by atoms with van der Waals surface area (Å²) in [6, 6.07) is 2.77. The van der Waals surface area contributed by atoms with Crippen molar-refractivity contribution in [1.82, 2.24) is 10.2 Å². The van der Waals surface area contributed by atoms with Gasteiger partial charge in [-0.05, 0) is 23.8 Å². The molecule has 4 nitrogen and oxygen atoms in total. The fourth-order valence-electron chi connectivity index (χ4n) is 2.28. The molecule has 2 rings (SSSR count). The highest BCUT2D eigenvalue weighted by Gasteiger charge is 2.31. The van der Waals surface area contributed by atoms with Crippen LogP contribution in [-0.4, -0.2) is 43.5 Å². The van der Waals surface area contributed by atoms with Gasteiger partial charge in [-0.2, -0.15) is 13.2 Å². The molecule has 1 heterocycles. The van der Waals surface area contributed by atoms with E-state index in [1.165, 1.54) is 6.07 Å². The monoisotopic (exact) mass is 319 g/mol. The third-order valence-electron chi connectivity index (χ3n) is 3.34. The molecule has 1 saturated heterocycles. The average Bonchev–Trinajstić information content (AvgIpc) is 2.46. The van der Waals surface area contributed by atoms with Crippen molar-refractivity contribution in [1.29, 1.82) is 0 Å². The van der Waals surface area contributed by atoms with E-state index < -0.39 is 24.3 Å². The number of rotatable bonds is 4. The van der Waals surface area contributed by atoms with Gasteiger partial charge in [0.05, 0.1) is 12.1 Å². The van der Waals surface area contributed by atoms with Crippen molar-refractivity contribution in [2.45, 2.75) is 12.9 Å². The first kappa shape index (κ1) is 16.7. The van der Waals surface area contributed by atoms with Gasteiger partial charge in [0, 0.05) is 31.9 Å². The number of hydrogen-bond acceptors (Lipinski definition) is 3. The van der Waals surface area contributed by atoms with Gasteiger partial charge in [-0.3, -0.25) is 9.69 Å². The molecule has 122 valence electrons. The first-order chi connectivity index (χ1) is 10.4. The number of halogens is 4. The van der Waals surface area contributed by atoms with Gasteiger partial charge in [-0.25, -0.2) is 4.39 Å². The highest BCUT2D eigenvalue weighted by atomic mass is 19.4. The van der Waals surface area contributed by atoms with Crippen molar-refractivity contribution < 1.29 is 22.4 Å². The van der Waals surface area contributed by atoms with E-state index in [-0.39, 0.29) is 17.8 Å². The lowest BCUT2D eigenvalue weighted by molar-refractivity contribution is -0.137. The molecule has 1 amide bonds. The number of carbonyl (C=O) groups is 1. The molecule has 8 heteroatoms. The van der Waals surface area contributed by atoms with Crippen LogP contribution >= 0.6 is 0 Å². The van der Waals surface area contributed by atoms with E-state index in [9.17, 15) is 22.4 Å². The number of nitrogens with zero attached hydrogens (tertiary/aromatic N) is 1. The second-order valence-electron chi connectivity index (χ2n) is 5.12. The minimum atomic E-state index is -4.58. The number of alkyl halides is 4. The number of amides is 1. The average molecular weight is 319 g/mol. The van der Waals surface area contributed by atoms with Crippen LogP contribution < -0.4 is 10.6 Å². The molecule has 22 heavy (non-hydrogen) atoms. The van der Waals surface area contributed by atoms with E-state index in [4.69, 9.17) is 0 Å². The van der Waals surface area contributed by atoms with Crippen LogP contribution in [0.2, 0.25) is 0 Å². The van der Waals surface area contributed by atoms with Gasteiger partial charge in [-0.15, -0.1) is 0 Å². The Labute approximate surface area is 125 Å². The van der Waals surface area contributed by atoms with Crippen LogP contribution in [0, 0.1) is 0 Å². The van der Waals surface area contributed by atoms with Crippen LogP contribution in [0.5, 0.6) is 0 Å². The molecule has 0 spiro atoms. The highest BCUT2D eigenvalue weighted by Crippen LogP contribution is 2.32. The highest BCUT2D eigenvalue weighted by molar-refractivity contribution is 5.92. The summed E-state index contributed by atoms with van der Waals surface area (Å²) in [5.74, 6) is -0.411. The van der Waals surface area contributed by atoms with Crippen molar-refractivity contribution in [3.05, 3.63) is 29.3 Å².